The topological polar surface area (TPSA) is 97.7 Å². The zero-order valence-electron chi connectivity index (χ0n) is 20.8. The zero-order chi connectivity index (χ0) is 26.2. The van der Waals surface area contributed by atoms with E-state index in [1.54, 1.807) is 25.1 Å². The van der Waals surface area contributed by atoms with Crippen LogP contribution in [0.4, 0.5) is 5.00 Å². The molecule has 0 unspecified atom stereocenters. The molecule has 1 N–H and O–H groups in total. The van der Waals surface area contributed by atoms with E-state index in [2.05, 4.69) is 5.32 Å². The first kappa shape index (κ1) is 26.0. The van der Waals surface area contributed by atoms with Gasteiger partial charge in [-0.05, 0) is 67.5 Å². The van der Waals surface area contributed by atoms with E-state index < -0.39 is 11.9 Å². The normalized spacial score (nSPS) is 12.7. The number of nitrogens with zero attached hydrogens (tertiary/aromatic N) is 1. The molecule has 0 saturated carbocycles. The maximum absolute atomic E-state index is 13.1. The number of benzene rings is 2. The van der Waals surface area contributed by atoms with E-state index in [1.165, 1.54) is 24.5 Å². The van der Waals surface area contributed by atoms with E-state index in [1.807, 2.05) is 36.4 Å². The number of amides is 1. The van der Waals surface area contributed by atoms with Gasteiger partial charge in [0.1, 0.15) is 23.3 Å². The Morgan fingerprint density at radius 2 is 1.89 bits per heavy atom. The molecule has 2 aromatic carbocycles. The summed E-state index contributed by atoms with van der Waals surface area (Å²) in [4.78, 5) is 26.8. The number of methoxy groups -OCH3 is 1. The highest BCUT2D eigenvalue weighted by Gasteiger charge is 2.27. The quantitative estimate of drug-likeness (QED) is 0.215. The molecule has 7 nitrogen and oxygen atoms in total. The van der Waals surface area contributed by atoms with Crippen molar-refractivity contribution in [3.8, 4) is 17.6 Å². The predicted molar refractivity (Wildman–Crippen MR) is 143 cm³/mol. The third-order valence-corrected chi connectivity index (χ3v) is 7.19. The van der Waals surface area contributed by atoms with Gasteiger partial charge in [0, 0.05) is 4.88 Å². The second-order valence-corrected chi connectivity index (χ2v) is 9.55. The van der Waals surface area contributed by atoms with Crippen molar-refractivity contribution in [2.45, 2.75) is 39.2 Å². The molecule has 0 saturated heterocycles. The molecule has 0 aliphatic heterocycles. The molecule has 190 valence electrons. The molecule has 0 bridgehead atoms. The summed E-state index contributed by atoms with van der Waals surface area (Å²) in [6, 6.07) is 16.9. The molecule has 0 fully saturated rings. The average Bonchev–Trinajstić information content (AvgIpc) is 3.29. The number of nitrogens with one attached hydrogen (secondary N) is 1. The van der Waals surface area contributed by atoms with Gasteiger partial charge < -0.3 is 19.5 Å². The van der Waals surface area contributed by atoms with Crippen LogP contribution < -0.4 is 14.8 Å². The number of aryl methyl sites for hydroxylation is 1. The summed E-state index contributed by atoms with van der Waals surface area (Å²) in [5, 5.41) is 12.9. The smallest absolute Gasteiger partial charge is 0.341 e. The van der Waals surface area contributed by atoms with E-state index in [4.69, 9.17) is 14.2 Å². The third-order valence-electron chi connectivity index (χ3n) is 5.98. The van der Waals surface area contributed by atoms with Crippen LogP contribution in [0, 0.1) is 11.3 Å². The maximum Gasteiger partial charge on any atom is 0.341 e. The fourth-order valence-corrected chi connectivity index (χ4v) is 5.46. The Morgan fingerprint density at radius 3 is 2.62 bits per heavy atom. The van der Waals surface area contributed by atoms with E-state index in [0.717, 1.165) is 41.7 Å². The molecule has 1 amide bonds. The summed E-state index contributed by atoms with van der Waals surface area (Å²) >= 11 is 1.38. The van der Waals surface area contributed by atoms with Gasteiger partial charge in [-0.1, -0.05) is 36.4 Å². The highest BCUT2D eigenvalue weighted by molar-refractivity contribution is 7.17. The van der Waals surface area contributed by atoms with Gasteiger partial charge in [-0.15, -0.1) is 11.3 Å². The van der Waals surface area contributed by atoms with E-state index in [9.17, 15) is 14.9 Å². The number of anilines is 1. The molecular formula is C29H28N2O5S. The zero-order valence-corrected chi connectivity index (χ0v) is 21.7. The number of hydrogen-bond acceptors (Lipinski definition) is 7. The number of carbonyl (C=O) groups excluding carboxylic acids is 2. The first-order valence-corrected chi connectivity index (χ1v) is 12.9. The number of hydrogen-bond donors (Lipinski definition) is 1. The molecular weight excluding hydrogens is 488 g/mol. The van der Waals surface area contributed by atoms with Crippen molar-refractivity contribution in [2.75, 3.05) is 19.0 Å². The summed E-state index contributed by atoms with van der Waals surface area (Å²) < 4.78 is 16.6. The van der Waals surface area contributed by atoms with Crippen LogP contribution in [-0.4, -0.2) is 25.6 Å². The Hall–Kier alpha value is -4.09. The number of ether oxygens (including phenoxy) is 3. The monoisotopic (exact) mass is 516 g/mol. The SMILES string of the molecule is CCOC(=O)c1c(NC(=O)C(C#N)=Cc2ccc(OCc3ccccc3)c(OC)c2)sc2c1CCCC2. The van der Waals surface area contributed by atoms with Gasteiger partial charge in [0.2, 0.25) is 0 Å². The number of nitriles is 1. The summed E-state index contributed by atoms with van der Waals surface area (Å²) in [6.07, 6.45) is 5.15. The summed E-state index contributed by atoms with van der Waals surface area (Å²) in [5.74, 6) is -0.00172. The molecule has 8 heteroatoms. The standard InChI is InChI=1S/C29H28N2O5S/c1-3-35-29(33)26-22-11-7-8-12-25(22)37-28(26)31-27(32)21(17-30)15-20-13-14-23(24(16-20)34-2)36-18-19-9-5-4-6-10-19/h4-6,9-10,13-16H,3,7-8,11-12,18H2,1-2H3,(H,31,32). The highest BCUT2D eigenvalue weighted by atomic mass is 32.1. The molecule has 4 rings (SSSR count). The van der Waals surface area contributed by atoms with Crippen LogP contribution in [0.1, 0.15) is 51.7 Å². The molecule has 1 aliphatic carbocycles. The second-order valence-electron chi connectivity index (χ2n) is 8.44. The predicted octanol–water partition coefficient (Wildman–Crippen LogP) is 5.94. The van der Waals surface area contributed by atoms with E-state index >= 15 is 0 Å². The molecule has 0 atom stereocenters. The molecule has 0 spiro atoms. The van der Waals surface area contributed by atoms with Crippen molar-refractivity contribution < 1.29 is 23.8 Å². The Kier molecular flexibility index (Phi) is 8.60. The van der Waals surface area contributed by atoms with Crippen LogP contribution in [-0.2, 0) is 29.0 Å². The van der Waals surface area contributed by atoms with Crippen molar-refractivity contribution in [2.24, 2.45) is 0 Å². The minimum atomic E-state index is -0.588. The number of rotatable bonds is 9. The van der Waals surface area contributed by atoms with Crippen LogP contribution in [0.3, 0.4) is 0 Å². The summed E-state index contributed by atoms with van der Waals surface area (Å²) in [6.45, 7) is 2.37. The van der Waals surface area contributed by atoms with Crippen molar-refractivity contribution in [1.82, 2.24) is 0 Å². The third kappa shape index (κ3) is 6.19. The van der Waals surface area contributed by atoms with E-state index in [0.29, 0.717) is 34.2 Å². The van der Waals surface area contributed by atoms with Crippen molar-refractivity contribution in [1.29, 1.82) is 5.26 Å². The van der Waals surface area contributed by atoms with Gasteiger partial charge in [0.05, 0.1) is 19.3 Å². The van der Waals surface area contributed by atoms with E-state index in [-0.39, 0.29) is 12.2 Å². The van der Waals surface area contributed by atoms with Gasteiger partial charge in [-0.25, -0.2) is 4.79 Å². The van der Waals surface area contributed by atoms with Gasteiger partial charge in [-0.3, -0.25) is 4.79 Å². The lowest BCUT2D eigenvalue weighted by molar-refractivity contribution is -0.112. The van der Waals surface area contributed by atoms with Crippen LogP contribution in [0.15, 0.2) is 54.1 Å². The fraction of sp³-hybridized carbons (Fsp3) is 0.276. The molecule has 1 aromatic heterocycles. The average molecular weight is 517 g/mol. The van der Waals surface area contributed by atoms with Crippen LogP contribution in [0.2, 0.25) is 0 Å². The fourth-order valence-electron chi connectivity index (χ4n) is 4.19. The highest BCUT2D eigenvalue weighted by Crippen LogP contribution is 2.39. The Morgan fingerprint density at radius 1 is 1.11 bits per heavy atom. The van der Waals surface area contributed by atoms with Crippen LogP contribution >= 0.6 is 11.3 Å². The van der Waals surface area contributed by atoms with Crippen molar-refractivity contribution in [3.05, 3.63) is 81.2 Å². The molecule has 3 aromatic rings. The van der Waals surface area contributed by atoms with Gasteiger partial charge in [0.25, 0.3) is 5.91 Å². The number of fused-ring (bicyclic) bond motifs is 1. The Balaban J connectivity index is 1.54. The van der Waals surface area contributed by atoms with Crippen molar-refractivity contribution in [3.63, 3.8) is 0 Å². The summed E-state index contributed by atoms with van der Waals surface area (Å²) in [5.41, 5.74) is 2.89. The molecule has 0 radical (unpaired) electrons. The van der Waals surface area contributed by atoms with Crippen LogP contribution in [0.25, 0.3) is 6.08 Å². The van der Waals surface area contributed by atoms with Gasteiger partial charge >= 0.3 is 5.97 Å². The van der Waals surface area contributed by atoms with Crippen LogP contribution in [0.5, 0.6) is 11.5 Å². The molecule has 37 heavy (non-hydrogen) atoms. The first-order chi connectivity index (χ1) is 18.0. The molecule has 1 aliphatic rings. The second kappa shape index (κ2) is 12.2. The lowest BCUT2D eigenvalue weighted by atomic mass is 9.95. The lowest BCUT2D eigenvalue weighted by Crippen LogP contribution is -2.16. The largest absolute Gasteiger partial charge is 0.493 e. The maximum atomic E-state index is 13.1. The first-order valence-electron chi connectivity index (χ1n) is 12.1. The number of esters is 1. The lowest BCUT2D eigenvalue weighted by Gasteiger charge is -2.12. The van der Waals surface area contributed by atoms with Gasteiger partial charge in [0.15, 0.2) is 11.5 Å². The minimum absolute atomic E-state index is 0.0961. The Bertz CT molecular complexity index is 1350. The summed E-state index contributed by atoms with van der Waals surface area (Å²) in [7, 11) is 1.53. The number of thiophene rings is 1. The van der Waals surface area contributed by atoms with Gasteiger partial charge in [-0.2, -0.15) is 5.26 Å². The molecule has 1 heterocycles. The number of carbonyl (C=O) groups is 2. The Labute approximate surface area is 220 Å². The minimum Gasteiger partial charge on any atom is -0.493 e. The van der Waals surface area contributed by atoms with Crippen molar-refractivity contribution >= 4 is 34.3 Å².